The van der Waals surface area contributed by atoms with E-state index in [1.807, 2.05) is 0 Å². The molecule has 0 aliphatic carbocycles. The number of hydrogen-bond acceptors (Lipinski definition) is 2. The Bertz CT molecular complexity index is 442. The molecule has 2 rings (SSSR count). The van der Waals surface area contributed by atoms with E-state index < -0.39 is 5.82 Å². The van der Waals surface area contributed by atoms with Crippen LogP contribution in [0.1, 0.15) is 5.69 Å². The van der Waals surface area contributed by atoms with Crippen LogP contribution >= 0.6 is 11.6 Å². The molecule has 1 aromatic carbocycles. The topological polar surface area (TPSA) is 40.7 Å². The van der Waals surface area contributed by atoms with Gasteiger partial charge in [-0.2, -0.15) is 0 Å². The molecule has 0 bridgehead atoms. The Morgan fingerprint density at radius 2 is 2.33 bits per heavy atom. The lowest BCUT2D eigenvalue weighted by atomic mass is 10.3. The summed E-state index contributed by atoms with van der Waals surface area (Å²) in [4.78, 5) is 6.82. The van der Waals surface area contributed by atoms with E-state index >= 15 is 0 Å². The van der Waals surface area contributed by atoms with Gasteiger partial charge in [0, 0.05) is 11.9 Å². The molecule has 0 aliphatic heterocycles. The number of nitrogens with zero attached hydrogens (tertiary/aromatic N) is 1. The van der Waals surface area contributed by atoms with Crippen molar-refractivity contribution in [3.63, 3.8) is 0 Å². The van der Waals surface area contributed by atoms with Gasteiger partial charge in [0.05, 0.1) is 23.6 Å². The SMILES string of the molecule is Fc1cc(NCc2cnc[nH]2)ccc1Cl. The summed E-state index contributed by atoms with van der Waals surface area (Å²) in [6.07, 6.45) is 3.30. The second-order valence-corrected chi connectivity index (χ2v) is 3.47. The third-order valence-corrected chi connectivity index (χ3v) is 2.26. The molecular formula is C10H9ClFN3. The Morgan fingerprint density at radius 1 is 1.47 bits per heavy atom. The zero-order valence-electron chi connectivity index (χ0n) is 7.80. The Morgan fingerprint density at radius 3 is 3.00 bits per heavy atom. The maximum absolute atomic E-state index is 13.1. The van der Waals surface area contributed by atoms with Crippen molar-refractivity contribution in [2.24, 2.45) is 0 Å². The van der Waals surface area contributed by atoms with Gasteiger partial charge in [-0.15, -0.1) is 0 Å². The summed E-state index contributed by atoms with van der Waals surface area (Å²) in [7, 11) is 0. The van der Waals surface area contributed by atoms with Gasteiger partial charge in [-0.1, -0.05) is 11.6 Å². The van der Waals surface area contributed by atoms with Crippen molar-refractivity contribution in [3.05, 3.63) is 47.3 Å². The van der Waals surface area contributed by atoms with Gasteiger partial charge in [-0.25, -0.2) is 9.37 Å². The molecule has 1 aromatic heterocycles. The standard InChI is InChI=1S/C10H9ClFN3/c11-9-2-1-7(3-10(9)12)14-5-8-4-13-6-15-8/h1-4,6,14H,5H2,(H,13,15). The van der Waals surface area contributed by atoms with Crippen LogP contribution < -0.4 is 5.32 Å². The quantitative estimate of drug-likeness (QED) is 0.843. The van der Waals surface area contributed by atoms with E-state index in [1.165, 1.54) is 12.1 Å². The van der Waals surface area contributed by atoms with Crippen LogP contribution in [0.4, 0.5) is 10.1 Å². The van der Waals surface area contributed by atoms with Crippen molar-refractivity contribution < 1.29 is 4.39 Å². The average Bonchev–Trinajstić information content (AvgIpc) is 2.73. The van der Waals surface area contributed by atoms with Crippen molar-refractivity contribution in [3.8, 4) is 0 Å². The van der Waals surface area contributed by atoms with Gasteiger partial charge in [0.25, 0.3) is 0 Å². The first-order valence-corrected chi connectivity index (χ1v) is 4.79. The summed E-state index contributed by atoms with van der Waals surface area (Å²) < 4.78 is 13.1. The van der Waals surface area contributed by atoms with E-state index in [0.29, 0.717) is 12.2 Å². The van der Waals surface area contributed by atoms with Gasteiger partial charge < -0.3 is 10.3 Å². The minimum absolute atomic E-state index is 0.127. The molecule has 15 heavy (non-hydrogen) atoms. The number of aromatic amines is 1. The van der Waals surface area contributed by atoms with Crippen LogP contribution in [0.5, 0.6) is 0 Å². The van der Waals surface area contributed by atoms with Gasteiger partial charge in [0.2, 0.25) is 0 Å². The van der Waals surface area contributed by atoms with Crippen LogP contribution in [0.3, 0.4) is 0 Å². The number of anilines is 1. The summed E-state index contributed by atoms with van der Waals surface area (Å²) in [5.74, 6) is -0.425. The van der Waals surface area contributed by atoms with E-state index in [9.17, 15) is 4.39 Å². The maximum atomic E-state index is 13.1. The second kappa shape index (κ2) is 4.31. The normalized spacial score (nSPS) is 10.3. The van der Waals surface area contributed by atoms with Gasteiger partial charge in [-0.05, 0) is 18.2 Å². The number of rotatable bonds is 3. The number of halogens is 2. The van der Waals surface area contributed by atoms with Crippen LogP contribution in [-0.4, -0.2) is 9.97 Å². The van der Waals surface area contributed by atoms with E-state index in [-0.39, 0.29) is 5.02 Å². The molecule has 0 saturated heterocycles. The largest absolute Gasteiger partial charge is 0.379 e. The fourth-order valence-corrected chi connectivity index (χ4v) is 1.30. The smallest absolute Gasteiger partial charge is 0.143 e. The van der Waals surface area contributed by atoms with E-state index in [2.05, 4.69) is 15.3 Å². The van der Waals surface area contributed by atoms with Crippen LogP contribution in [0, 0.1) is 5.82 Å². The molecule has 0 saturated carbocycles. The summed E-state index contributed by atoms with van der Waals surface area (Å²) in [5.41, 5.74) is 1.62. The molecule has 0 unspecified atom stereocenters. The zero-order valence-corrected chi connectivity index (χ0v) is 8.55. The Kier molecular flexibility index (Phi) is 2.87. The van der Waals surface area contributed by atoms with Gasteiger partial charge in [0.15, 0.2) is 0 Å². The highest BCUT2D eigenvalue weighted by atomic mass is 35.5. The number of benzene rings is 1. The lowest BCUT2D eigenvalue weighted by Crippen LogP contribution is -1.99. The zero-order chi connectivity index (χ0) is 10.7. The van der Waals surface area contributed by atoms with Crippen molar-refractivity contribution in [2.45, 2.75) is 6.54 Å². The highest BCUT2D eigenvalue weighted by Gasteiger charge is 2.00. The highest BCUT2D eigenvalue weighted by molar-refractivity contribution is 6.30. The lowest BCUT2D eigenvalue weighted by Gasteiger charge is -2.05. The molecule has 5 heteroatoms. The minimum atomic E-state index is -0.425. The number of hydrogen-bond donors (Lipinski definition) is 2. The molecule has 0 spiro atoms. The Hall–Kier alpha value is -1.55. The van der Waals surface area contributed by atoms with Gasteiger partial charge in [0.1, 0.15) is 5.82 Å². The summed E-state index contributed by atoms with van der Waals surface area (Å²) >= 11 is 5.56. The van der Waals surface area contributed by atoms with E-state index in [4.69, 9.17) is 11.6 Å². The first-order valence-electron chi connectivity index (χ1n) is 4.42. The molecule has 2 N–H and O–H groups in total. The number of H-pyrrole nitrogens is 1. The van der Waals surface area contributed by atoms with Gasteiger partial charge in [-0.3, -0.25) is 0 Å². The first-order chi connectivity index (χ1) is 7.25. The second-order valence-electron chi connectivity index (χ2n) is 3.06. The van der Waals surface area contributed by atoms with Crippen molar-refractivity contribution >= 4 is 17.3 Å². The fourth-order valence-electron chi connectivity index (χ4n) is 1.18. The van der Waals surface area contributed by atoms with Crippen molar-refractivity contribution in [2.75, 3.05) is 5.32 Å². The maximum Gasteiger partial charge on any atom is 0.143 e. The molecule has 0 fully saturated rings. The van der Waals surface area contributed by atoms with E-state index in [0.717, 1.165) is 5.69 Å². The van der Waals surface area contributed by atoms with E-state index in [1.54, 1.807) is 18.6 Å². The van der Waals surface area contributed by atoms with Crippen molar-refractivity contribution in [1.29, 1.82) is 0 Å². The molecule has 0 aliphatic rings. The van der Waals surface area contributed by atoms with Crippen LogP contribution in [-0.2, 0) is 6.54 Å². The lowest BCUT2D eigenvalue weighted by molar-refractivity contribution is 0.628. The molecule has 1 heterocycles. The minimum Gasteiger partial charge on any atom is -0.379 e. The Labute approximate surface area is 91.3 Å². The summed E-state index contributed by atoms with van der Waals surface area (Å²) in [6, 6.07) is 4.60. The third kappa shape index (κ3) is 2.47. The van der Waals surface area contributed by atoms with Crippen LogP contribution in [0.25, 0.3) is 0 Å². The highest BCUT2D eigenvalue weighted by Crippen LogP contribution is 2.18. The molecular weight excluding hydrogens is 217 g/mol. The molecule has 78 valence electrons. The number of imidazole rings is 1. The molecule has 0 amide bonds. The number of nitrogens with one attached hydrogen (secondary N) is 2. The molecule has 0 radical (unpaired) electrons. The fraction of sp³-hybridized carbons (Fsp3) is 0.100. The summed E-state index contributed by atoms with van der Waals surface area (Å²) in [6.45, 7) is 0.571. The molecule has 0 atom stereocenters. The predicted octanol–water partition coefficient (Wildman–Crippen LogP) is 2.81. The third-order valence-electron chi connectivity index (χ3n) is 1.96. The van der Waals surface area contributed by atoms with Gasteiger partial charge >= 0.3 is 0 Å². The number of aromatic nitrogens is 2. The van der Waals surface area contributed by atoms with Crippen LogP contribution in [0.2, 0.25) is 5.02 Å². The first kappa shape index (κ1) is 9.98. The summed E-state index contributed by atoms with van der Waals surface area (Å²) in [5, 5.41) is 3.17. The molecule has 3 nitrogen and oxygen atoms in total. The van der Waals surface area contributed by atoms with Crippen LogP contribution in [0.15, 0.2) is 30.7 Å². The predicted molar refractivity (Wildman–Crippen MR) is 57.3 cm³/mol. The van der Waals surface area contributed by atoms with Crippen molar-refractivity contribution in [1.82, 2.24) is 9.97 Å². The average molecular weight is 226 g/mol. The Balaban J connectivity index is 2.02. The molecule has 2 aromatic rings. The monoisotopic (exact) mass is 225 g/mol.